The number of carbonyl (C=O) groups excluding carboxylic acids is 2. The highest BCUT2D eigenvalue weighted by Gasteiger charge is 2.10. The number of hydrogen-bond donors (Lipinski definition) is 2. The van der Waals surface area contributed by atoms with Crippen LogP contribution in [0.1, 0.15) is 51.6 Å². The van der Waals surface area contributed by atoms with E-state index in [-0.39, 0.29) is 11.8 Å². The lowest BCUT2D eigenvalue weighted by atomic mass is 10.0. The molecule has 2 aromatic carbocycles. The molecule has 0 unspecified atom stereocenters. The fourth-order valence-corrected chi connectivity index (χ4v) is 2.39. The molecule has 0 aliphatic heterocycles. The molecular formula is C18H19BrN2O2. The van der Waals surface area contributed by atoms with E-state index in [1.54, 1.807) is 24.3 Å². The Balaban J connectivity index is 1.98. The van der Waals surface area contributed by atoms with Gasteiger partial charge in [-0.15, -0.1) is 0 Å². The van der Waals surface area contributed by atoms with Crippen LogP contribution in [0.3, 0.4) is 0 Å². The Kier molecular flexibility index (Phi) is 5.55. The molecule has 2 N–H and O–H groups in total. The number of amides is 2. The van der Waals surface area contributed by atoms with E-state index in [1.165, 1.54) is 0 Å². The second-order valence-electron chi connectivity index (χ2n) is 5.65. The van der Waals surface area contributed by atoms with E-state index in [9.17, 15) is 9.59 Å². The molecule has 0 atom stereocenters. The zero-order valence-electron chi connectivity index (χ0n) is 13.3. The Labute approximate surface area is 144 Å². The van der Waals surface area contributed by atoms with Crippen molar-refractivity contribution in [3.63, 3.8) is 0 Å². The molecule has 0 saturated carbocycles. The lowest BCUT2D eigenvalue weighted by molar-refractivity contribution is 0.0846. The molecule has 2 amide bonds. The highest BCUT2D eigenvalue weighted by atomic mass is 79.9. The van der Waals surface area contributed by atoms with Gasteiger partial charge in [0.2, 0.25) is 0 Å². The second kappa shape index (κ2) is 7.42. The van der Waals surface area contributed by atoms with Crippen molar-refractivity contribution in [2.75, 3.05) is 0 Å². The monoisotopic (exact) mass is 374 g/mol. The molecule has 0 spiro atoms. The largest absolute Gasteiger partial charge is 0.269 e. The number of benzene rings is 2. The van der Waals surface area contributed by atoms with E-state index in [0.29, 0.717) is 17.0 Å². The maximum Gasteiger partial charge on any atom is 0.269 e. The number of halogens is 1. The summed E-state index contributed by atoms with van der Waals surface area (Å²) >= 11 is 3.38. The molecule has 0 aliphatic carbocycles. The molecular weight excluding hydrogens is 356 g/mol. The van der Waals surface area contributed by atoms with Gasteiger partial charge < -0.3 is 0 Å². The van der Waals surface area contributed by atoms with Crippen molar-refractivity contribution in [1.29, 1.82) is 0 Å². The Morgan fingerprint density at radius 3 is 1.96 bits per heavy atom. The van der Waals surface area contributed by atoms with Gasteiger partial charge in [0.05, 0.1) is 0 Å². The predicted octanol–water partition coefficient (Wildman–Crippen LogP) is 3.96. The summed E-state index contributed by atoms with van der Waals surface area (Å²) in [6.45, 7) is 6.12. The van der Waals surface area contributed by atoms with Gasteiger partial charge in [0.1, 0.15) is 0 Å². The zero-order chi connectivity index (χ0) is 17.0. The summed E-state index contributed by atoms with van der Waals surface area (Å²) in [5.74, 6) is -0.301. The number of rotatable bonds is 3. The predicted molar refractivity (Wildman–Crippen MR) is 94.3 cm³/mol. The van der Waals surface area contributed by atoms with Crippen LogP contribution in [-0.2, 0) is 0 Å². The lowest BCUT2D eigenvalue weighted by Crippen LogP contribution is -2.41. The molecule has 5 heteroatoms. The number of carbonyl (C=O) groups is 2. The Morgan fingerprint density at radius 2 is 1.43 bits per heavy atom. The minimum Gasteiger partial charge on any atom is -0.267 e. The van der Waals surface area contributed by atoms with Crippen molar-refractivity contribution >= 4 is 27.7 Å². The van der Waals surface area contributed by atoms with Crippen LogP contribution in [0, 0.1) is 6.92 Å². The molecule has 0 aliphatic rings. The number of nitrogens with one attached hydrogen (secondary N) is 2. The molecule has 120 valence electrons. The van der Waals surface area contributed by atoms with Crippen molar-refractivity contribution in [1.82, 2.24) is 10.9 Å². The Hall–Kier alpha value is -2.14. The molecule has 0 aromatic heterocycles. The first kappa shape index (κ1) is 17.2. The summed E-state index contributed by atoms with van der Waals surface area (Å²) in [6.07, 6.45) is 0. The molecule has 4 nitrogen and oxygen atoms in total. The van der Waals surface area contributed by atoms with Crippen LogP contribution in [0.2, 0.25) is 0 Å². The highest BCUT2D eigenvalue weighted by molar-refractivity contribution is 9.10. The van der Waals surface area contributed by atoms with Gasteiger partial charge in [-0.1, -0.05) is 48.0 Å². The van der Waals surface area contributed by atoms with E-state index < -0.39 is 0 Å². The quantitative estimate of drug-likeness (QED) is 0.798. The van der Waals surface area contributed by atoms with Gasteiger partial charge in [-0.05, 0) is 48.2 Å². The van der Waals surface area contributed by atoms with Crippen molar-refractivity contribution in [2.45, 2.75) is 26.7 Å². The van der Waals surface area contributed by atoms with Crippen LogP contribution in [0.15, 0.2) is 46.9 Å². The normalized spacial score (nSPS) is 10.5. The van der Waals surface area contributed by atoms with Crippen LogP contribution >= 0.6 is 15.9 Å². The Morgan fingerprint density at radius 1 is 0.913 bits per heavy atom. The zero-order valence-corrected chi connectivity index (χ0v) is 14.9. The van der Waals surface area contributed by atoms with Crippen LogP contribution in [0.25, 0.3) is 0 Å². The van der Waals surface area contributed by atoms with E-state index >= 15 is 0 Å². The van der Waals surface area contributed by atoms with E-state index in [0.717, 1.165) is 15.6 Å². The van der Waals surface area contributed by atoms with Crippen LogP contribution < -0.4 is 10.9 Å². The van der Waals surface area contributed by atoms with Crippen molar-refractivity contribution in [3.05, 3.63) is 69.2 Å². The third-order valence-electron chi connectivity index (χ3n) is 3.56. The summed E-state index contributed by atoms with van der Waals surface area (Å²) in [5.41, 5.74) is 8.02. The molecule has 0 radical (unpaired) electrons. The maximum absolute atomic E-state index is 12.0. The lowest BCUT2D eigenvalue weighted by Gasteiger charge is -2.09. The topological polar surface area (TPSA) is 58.2 Å². The first-order chi connectivity index (χ1) is 10.9. The molecule has 0 saturated heterocycles. The van der Waals surface area contributed by atoms with Gasteiger partial charge in [-0.3, -0.25) is 20.4 Å². The summed E-state index contributed by atoms with van der Waals surface area (Å²) in [4.78, 5) is 24.1. The van der Waals surface area contributed by atoms with Crippen LogP contribution in [-0.4, -0.2) is 11.8 Å². The molecule has 0 fully saturated rings. The molecule has 0 bridgehead atoms. The Bertz CT molecular complexity index is 724. The highest BCUT2D eigenvalue weighted by Crippen LogP contribution is 2.17. The van der Waals surface area contributed by atoms with Gasteiger partial charge in [0.15, 0.2) is 0 Å². The minimum atomic E-state index is -0.363. The maximum atomic E-state index is 12.0. The number of hydrogen-bond acceptors (Lipinski definition) is 2. The minimum absolute atomic E-state index is 0.347. The van der Waals surface area contributed by atoms with Gasteiger partial charge in [-0.2, -0.15) is 0 Å². The molecule has 23 heavy (non-hydrogen) atoms. The summed E-state index contributed by atoms with van der Waals surface area (Å²) in [7, 11) is 0. The van der Waals surface area contributed by atoms with Gasteiger partial charge in [-0.25, -0.2) is 0 Å². The molecule has 2 rings (SSSR count). The van der Waals surface area contributed by atoms with Gasteiger partial charge in [0.25, 0.3) is 11.8 Å². The standard InChI is InChI=1S/C18H19BrN2O2/c1-11(2)13-6-8-14(9-7-13)17(22)20-21-18(23)15-5-4-12(3)16(19)10-15/h4-11H,1-3H3,(H,20,22)(H,21,23). The van der Waals surface area contributed by atoms with Gasteiger partial charge in [0, 0.05) is 15.6 Å². The SMILES string of the molecule is Cc1ccc(C(=O)NNC(=O)c2ccc(C(C)C)cc2)cc1Br. The van der Waals surface area contributed by atoms with Crippen molar-refractivity contribution in [2.24, 2.45) is 0 Å². The third-order valence-corrected chi connectivity index (χ3v) is 4.42. The first-order valence-corrected chi connectivity index (χ1v) is 8.14. The third kappa shape index (κ3) is 4.42. The van der Waals surface area contributed by atoms with Crippen molar-refractivity contribution in [3.8, 4) is 0 Å². The fourth-order valence-electron chi connectivity index (χ4n) is 2.01. The van der Waals surface area contributed by atoms with E-state index in [2.05, 4.69) is 40.6 Å². The van der Waals surface area contributed by atoms with Crippen LogP contribution in [0.4, 0.5) is 0 Å². The summed E-state index contributed by atoms with van der Waals surface area (Å²) < 4.78 is 0.848. The van der Waals surface area contributed by atoms with E-state index in [1.807, 2.05) is 25.1 Å². The smallest absolute Gasteiger partial charge is 0.267 e. The second-order valence-corrected chi connectivity index (χ2v) is 6.50. The van der Waals surface area contributed by atoms with Crippen molar-refractivity contribution < 1.29 is 9.59 Å². The molecule has 2 aromatic rings. The summed E-state index contributed by atoms with van der Waals surface area (Å²) in [6, 6.07) is 12.6. The summed E-state index contributed by atoms with van der Waals surface area (Å²) in [5, 5.41) is 0. The average Bonchev–Trinajstić information content (AvgIpc) is 2.54. The van der Waals surface area contributed by atoms with Crippen LogP contribution in [0.5, 0.6) is 0 Å². The van der Waals surface area contributed by atoms with Gasteiger partial charge >= 0.3 is 0 Å². The number of aryl methyl sites for hydroxylation is 1. The first-order valence-electron chi connectivity index (χ1n) is 7.35. The fraction of sp³-hybridized carbons (Fsp3) is 0.222. The molecule has 0 heterocycles. The number of hydrazine groups is 1. The van der Waals surface area contributed by atoms with E-state index in [4.69, 9.17) is 0 Å². The average molecular weight is 375 g/mol.